The molecule has 2 heteroatoms. The maximum absolute atomic E-state index is 11.6. The Morgan fingerprint density at radius 3 is 2.18 bits per heavy atom. The second-order valence-corrected chi connectivity index (χ2v) is 7.25. The van der Waals surface area contributed by atoms with Crippen LogP contribution in [-0.4, -0.2) is 30.3 Å². The Labute approximate surface area is 107 Å². The van der Waals surface area contributed by atoms with Crippen LogP contribution in [0.2, 0.25) is 0 Å². The van der Waals surface area contributed by atoms with Gasteiger partial charge in [-0.2, -0.15) is 0 Å². The molecule has 1 rings (SSSR count). The molecule has 0 atom stereocenters. The summed E-state index contributed by atoms with van der Waals surface area (Å²) in [5, 5.41) is 0. The lowest BCUT2D eigenvalue weighted by Crippen LogP contribution is -2.43. The van der Waals surface area contributed by atoms with Crippen LogP contribution < -0.4 is 0 Å². The molecular weight excluding hydrogens is 210 g/mol. The Balaban J connectivity index is 2.50. The van der Waals surface area contributed by atoms with Crippen LogP contribution >= 0.6 is 0 Å². The molecule has 1 aliphatic carbocycles. The van der Waals surface area contributed by atoms with Gasteiger partial charge in [-0.1, -0.05) is 27.7 Å². The first-order chi connectivity index (χ1) is 7.64. The van der Waals surface area contributed by atoms with Crippen LogP contribution in [0, 0.1) is 10.8 Å². The van der Waals surface area contributed by atoms with Crippen LogP contribution in [0.15, 0.2) is 0 Å². The van der Waals surface area contributed by atoms with Crippen molar-refractivity contribution in [3.05, 3.63) is 0 Å². The van der Waals surface area contributed by atoms with E-state index in [1.807, 2.05) is 0 Å². The predicted octanol–water partition coefficient (Wildman–Crippen LogP) is 3.50. The molecule has 0 radical (unpaired) electrons. The summed E-state index contributed by atoms with van der Waals surface area (Å²) in [6.07, 6.45) is 5.17. The van der Waals surface area contributed by atoms with Crippen LogP contribution in [0.3, 0.4) is 0 Å². The van der Waals surface area contributed by atoms with Crippen molar-refractivity contribution in [1.82, 2.24) is 4.90 Å². The van der Waals surface area contributed by atoms with Crippen LogP contribution in [0.4, 0.5) is 0 Å². The average Bonchev–Trinajstić information content (AvgIpc) is 2.16. The smallest absolute Gasteiger partial charge is 0.136 e. The third kappa shape index (κ3) is 4.09. The SMILES string of the molecule is CC(=O)C(C)(C)CN(C)C1CCC(C)(C)CC1. The quantitative estimate of drug-likeness (QED) is 0.748. The minimum absolute atomic E-state index is 0.207. The second kappa shape index (κ2) is 5.09. The highest BCUT2D eigenvalue weighted by molar-refractivity contribution is 5.81. The molecule has 0 bridgehead atoms. The molecule has 1 saturated carbocycles. The van der Waals surface area contributed by atoms with Gasteiger partial charge in [0.05, 0.1) is 0 Å². The molecule has 0 aliphatic heterocycles. The van der Waals surface area contributed by atoms with Gasteiger partial charge >= 0.3 is 0 Å². The van der Waals surface area contributed by atoms with E-state index in [9.17, 15) is 4.79 Å². The molecule has 0 aromatic heterocycles. The van der Waals surface area contributed by atoms with Gasteiger partial charge < -0.3 is 4.90 Å². The Hall–Kier alpha value is -0.370. The lowest BCUT2D eigenvalue weighted by atomic mass is 9.75. The van der Waals surface area contributed by atoms with Crippen molar-refractivity contribution in [3.8, 4) is 0 Å². The number of carbonyl (C=O) groups is 1. The normalized spacial score (nSPS) is 21.8. The third-order valence-corrected chi connectivity index (χ3v) is 4.53. The van der Waals surface area contributed by atoms with Crippen LogP contribution in [-0.2, 0) is 4.79 Å². The second-order valence-electron chi connectivity index (χ2n) is 7.25. The first-order valence-corrected chi connectivity index (χ1v) is 6.85. The van der Waals surface area contributed by atoms with Gasteiger partial charge in [-0.3, -0.25) is 4.79 Å². The lowest BCUT2D eigenvalue weighted by Gasteiger charge is -2.40. The summed E-state index contributed by atoms with van der Waals surface area (Å²) in [6, 6.07) is 0.668. The predicted molar refractivity (Wildman–Crippen MR) is 73.1 cm³/mol. The fraction of sp³-hybridized carbons (Fsp3) is 0.933. The summed E-state index contributed by atoms with van der Waals surface area (Å²) in [4.78, 5) is 14.0. The highest BCUT2D eigenvalue weighted by atomic mass is 16.1. The Kier molecular flexibility index (Phi) is 4.40. The summed E-state index contributed by atoms with van der Waals surface area (Å²) in [5.74, 6) is 0.292. The summed E-state index contributed by atoms with van der Waals surface area (Å²) in [6.45, 7) is 11.4. The van der Waals surface area contributed by atoms with Crippen molar-refractivity contribution < 1.29 is 4.79 Å². The first-order valence-electron chi connectivity index (χ1n) is 6.85. The summed E-state index contributed by atoms with van der Waals surface area (Å²) < 4.78 is 0. The molecule has 0 saturated heterocycles. The van der Waals surface area contributed by atoms with Gasteiger partial charge in [0.25, 0.3) is 0 Å². The number of hydrogen-bond acceptors (Lipinski definition) is 2. The zero-order chi connectivity index (χ0) is 13.3. The largest absolute Gasteiger partial charge is 0.302 e. The molecule has 0 unspecified atom stereocenters. The lowest BCUT2D eigenvalue weighted by molar-refractivity contribution is -0.126. The van der Waals surface area contributed by atoms with E-state index in [4.69, 9.17) is 0 Å². The van der Waals surface area contributed by atoms with Crippen molar-refractivity contribution in [1.29, 1.82) is 0 Å². The van der Waals surface area contributed by atoms with E-state index in [1.165, 1.54) is 25.7 Å². The van der Waals surface area contributed by atoms with Gasteiger partial charge in [0, 0.05) is 18.0 Å². The van der Waals surface area contributed by atoms with Crippen LogP contribution in [0.5, 0.6) is 0 Å². The van der Waals surface area contributed by atoms with Gasteiger partial charge in [0.15, 0.2) is 0 Å². The number of Topliss-reactive ketones (excluding diaryl/α,β-unsaturated/α-hetero) is 1. The van der Waals surface area contributed by atoms with E-state index in [-0.39, 0.29) is 5.41 Å². The van der Waals surface area contributed by atoms with Gasteiger partial charge in [0.1, 0.15) is 5.78 Å². The minimum atomic E-state index is -0.207. The summed E-state index contributed by atoms with van der Waals surface area (Å²) in [5.41, 5.74) is 0.315. The highest BCUT2D eigenvalue weighted by Crippen LogP contribution is 2.37. The van der Waals surface area contributed by atoms with Gasteiger partial charge in [0.2, 0.25) is 0 Å². The molecule has 2 nitrogen and oxygen atoms in total. The number of nitrogens with zero attached hydrogens (tertiary/aromatic N) is 1. The topological polar surface area (TPSA) is 20.3 Å². The highest BCUT2D eigenvalue weighted by Gasteiger charge is 2.32. The van der Waals surface area contributed by atoms with Crippen molar-refractivity contribution >= 4 is 5.78 Å². The van der Waals surface area contributed by atoms with E-state index in [0.29, 0.717) is 17.2 Å². The fourth-order valence-electron chi connectivity index (χ4n) is 2.69. The van der Waals surface area contributed by atoms with E-state index in [2.05, 4.69) is 39.6 Å². The molecule has 0 spiro atoms. The Morgan fingerprint density at radius 1 is 1.29 bits per heavy atom. The molecule has 1 aliphatic rings. The maximum Gasteiger partial charge on any atom is 0.136 e. The summed E-state index contributed by atoms with van der Waals surface area (Å²) in [7, 11) is 2.17. The van der Waals surface area contributed by atoms with Gasteiger partial charge in [-0.05, 0) is 45.1 Å². The molecule has 0 amide bonds. The number of ketones is 1. The van der Waals surface area contributed by atoms with Crippen molar-refractivity contribution in [2.24, 2.45) is 10.8 Å². The van der Waals surface area contributed by atoms with Gasteiger partial charge in [-0.15, -0.1) is 0 Å². The van der Waals surface area contributed by atoms with Crippen molar-refractivity contribution in [3.63, 3.8) is 0 Å². The number of hydrogen-bond donors (Lipinski definition) is 0. The van der Waals surface area contributed by atoms with E-state index in [1.54, 1.807) is 6.92 Å². The molecule has 0 N–H and O–H groups in total. The molecular formula is C15H29NO. The average molecular weight is 239 g/mol. The van der Waals surface area contributed by atoms with E-state index < -0.39 is 0 Å². The van der Waals surface area contributed by atoms with Gasteiger partial charge in [-0.25, -0.2) is 0 Å². The third-order valence-electron chi connectivity index (χ3n) is 4.53. The van der Waals surface area contributed by atoms with Crippen LogP contribution in [0.25, 0.3) is 0 Å². The monoisotopic (exact) mass is 239 g/mol. The maximum atomic E-state index is 11.6. The summed E-state index contributed by atoms with van der Waals surface area (Å²) >= 11 is 0. The molecule has 0 aromatic rings. The first kappa shape index (κ1) is 14.7. The zero-order valence-electron chi connectivity index (χ0n) is 12.5. The Bertz CT molecular complexity index is 271. The number of carbonyl (C=O) groups excluding carboxylic acids is 1. The fourth-order valence-corrected chi connectivity index (χ4v) is 2.69. The van der Waals surface area contributed by atoms with Crippen molar-refractivity contribution in [2.75, 3.05) is 13.6 Å². The number of rotatable bonds is 4. The molecule has 17 heavy (non-hydrogen) atoms. The molecule has 0 heterocycles. The molecule has 1 fully saturated rings. The molecule has 0 aromatic carbocycles. The minimum Gasteiger partial charge on any atom is -0.302 e. The van der Waals surface area contributed by atoms with E-state index in [0.717, 1.165) is 6.54 Å². The standard InChI is InChI=1S/C15H29NO/c1-12(17)15(4,5)11-16(6)13-7-9-14(2,3)10-8-13/h13H,7-11H2,1-6H3. The van der Waals surface area contributed by atoms with E-state index >= 15 is 0 Å². The molecule has 100 valence electrons. The Morgan fingerprint density at radius 2 is 1.76 bits per heavy atom. The van der Waals surface area contributed by atoms with Crippen molar-refractivity contribution in [2.45, 2.75) is 66.3 Å². The van der Waals surface area contributed by atoms with Crippen LogP contribution in [0.1, 0.15) is 60.3 Å². The zero-order valence-corrected chi connectivity index (χ0v) is 12.5.